The zero-order valence-electron chi connectivity index (χ0n) is 5.18. The topological polar surface area (TPSA) is 64.4 Å². The molecule has 0 atom stereocenters. The predicted octanol–water partition coefficient (Wildman–Crippen LogP) is -0.164. The molecule has 0 aromatic heterocycles. The molecule has 0 saturated heterocycles. The van der Waals surface area contributed by atoms with Crippen LogP contribution < -0.4 is 11.5 Å². The Kier molecular flexibility index (Phi) is 2.69. The molecular weight excluding hydrogens is 102 g/mol. The van der Waals surface area contributed by atoms with Crippen molar-refractivity contribution in [3.05, 3.63) is 11.8 Å². The van der Waals surface area contributed by atoms with E-state index in [9.17, 15) is 0 Å². The van der Waals surface area contributed by atoms with Crippen LogP contribution in [0.1, 0.15) is 6.92 Å². The van der Waals surface area contributed by atoms with Gasteiger partial charge < -0.3 is 11.5 Å². The second-order valence-corrected chi connectivity index (χ2v) is 1.54. The summed E-state index contributed by atoms with van der Waals surface area (Å²) in [5.41, 5.74) is 11.2. The maximum atomic E-state index is 5.27. The predicted molar refractivity (Wildman–Crippen MR) is 35.5 cm³/mol. The van der Waals surface area contributed by atoms with Gasteiger partial charge in [-0.05, 0) is 13.0 Å². The van der Waals surface area contributed by atoms with Crippen LogP contribution in [0, 0.1) is 0 Å². The Morgan fingerprint density at radius 3 is 2.12 bits per heavy atom. The highest BCUT2D eigenvalue weighted by Gasteiger charge is 1.79. The van der Waals surface area contributed by atoms with Gasteiger partial charge in [0.1, 0.15) is 5.84 Å². The van der Waals surface area contributed by atoms with Gasteiger partial charge in [0.25, 0.3) is 0 Å². The number of aliphatic imine (C=N–C) groups is 1. The van der Waals surface area contributed by atoms with Gasteiger partial charge in [-0.3, -0.25) is 4.99 Å². The molecule has 0 aromatic carbocycles. The van der Waals surface area contributed by atoms with E-state index in [0.29, 0.717) is 11.5 Å². The van der Waals surface area contributed by atoms with Crippen LogP contribution in [0.5, 0.6) is 0 Å². The van der Waals surface area contributed by atoms with Gasteiger partial charge in [0.2, 0.25) is 0 Å². The van der Waals surface area contributed by atoms with E-state index in [-0.39, 0.29) is 0 Å². The molecule has 0 aliphatic carbocycles. The minimum atomic E-state index is 0.463. The molecule has 0 saturated carbocycles. The van der Waals surface area contributed by atoms with Gasteiger partial charge in [0.15, 0.2) is 0 Å². The summed E-state index contributed by atoms with van der Waals surface area (Å²) in [6, 6.07) is 0. The van der Waals surface area contributed by atoms with Gasteiger partial charge in [-0.2, -0.15) is 0 Å². The Morgan fingerprint density at radius 2 is 2.00 bits per heavy atom. The third-order valence-corrected chi connectivity index (χ3v) is 0.634. The van der Waals surface area contributed by atoms with Crippen LogP contribution in [-0.4, -0.2) is 12.9 Å². The number of allylic oxidation sites excluding steroid dienone is 1. The summed E-state index contributed by atoms with van der Waals surface area (Å²) in [7, 11) is 1.62. The highest BCUT2D eigenvalue weighted by atomic mass is 14.8. The van der Waals surface area contributed by atoms with Crippen LogP contribution in [0.3, 0.4) is 0 Å². The van der Waals surface area contributed by atoms with Crippen LogP contribution in [0.15, 0.2) is 16.8 Å². The van der Waals surface area contributed by atoms with Crippen molar-refractivity contribution < 1.29 is 0 Å². The molecule has 0 aliphatic heterocycles. The Bertz CT molecular complexity index is 120. The third kappa shape index (κ3) is 3.21. The van der Waals surface area contributed by atoms with Crippen molar-refractivity contribution in [2.45, 2.75) is 6.92 Å². The minimum Gasteiger partial charge on any atom is -0.402 e. The summed E-state index contributed by atoms with van der Waals surface area (Å²) in [5, 5.41) is 0. The van der Waals surface area contributed by atoms with Gasteiger partial charge in [-0.15, -0.1) is 0 Å². The van der Waals surface area contributed by atoms with Gasteiger partial charge >= 0.3 is 0 Å². The summed E-state index contributed by atoms with van der Waals surface area (Å²) in [5.74, 6) is 0.463. The first-order valence-corrected chi connectivity index (χ1v) is 2.33. The van der Waals surface area contributed by atoms with Crippen molar-refractivity contribution in [2.24, 2.45) is 16.5 Å². The van der Waals surface area contributed by atoms with Crippen LogP contribution >= 0.6 is 0 Å². The molecule has 3 heteroatoms. The van der Waals surface area contributed by atoms with Gasteiger partial charge in [-0.1, -0.05) is 0 Å². The highest BCUT2D eigenvalue weighted by Crippen LogP contribution is 1.77. The first-order valence-electron chi connectivity index (χ1n) is 2.33. The fourth-order valence-electron chi connectivity index (χ4n) is 0.298. The molecule has 0 fully saturated rings. The molecule has 0 rings (SSSR count). The maximum Gasteiger partial charge on any atom is 0.119 e. The molecule has 8 heavy (non-hydrogen) atoms. The van der Waals surface area contributed by atoms with Crippen molar-refractivity contribution in [1.82, 2.24) is 0 Å². The van der Waals surface area contributed by atoms with E-state index in [0.717, 1.165) is 0 Å². The second-order valence-electron chi connectivity index (χ2n) is 1.54. The zero-order valence-corrected chi connectivity index (χ0v) is 5.18. The lowest BCUT2D eigenvalue weighted by atomic mass is 10.4. The molecule has 0 spiro atoms. The molecule has 46 valence electrons. The van der Waals surface area contributed by atoms with E-state index in [1.54, 1.807) is 20.0 Å². The van der Waals surface area contributed by atoms with Crippen molar-refractivity contribution in [2.75, 3.05) is 7.05 Å². The van der Waals surface area contributed by atoms with Crippen LogP contribution in [0.2, 0.25) is 0 Å². The molecule has 0 radical (unpaired) electrons. The lowest BCUT2D eigenvalue weighted by molar-refractivity contribution is 1.31. The van der Waals surface area contributed by atoms with E-state index in [4.69, 9.17) is 11.5 Å². The average molecular weight is 113 g/mol. The fourth-order valence-corrected chi connectivity index (χ4v) is 0.298. The Balaban J connectivity index is 3.89. The SMILES string of the molecule is CN=C(N)C=C(C)N. The normalized spacial score (nSPS) is 14.2. The summed E-state index contributed by atoms with van der Waals surface area (Å²) in [4.78, 5) is 3.67. The van der Waals surface area contributed by atoms with Crippen molar-refractivity contribution in [3.63, 3.8) is 0 Å². The third-order valence-electron chi connectivity index (χ3n) is 0.634. The van der Waals surface area contributed by atoms with Crippen molar-refractivity contribution in [3.8, 4) is 0 Å². The van der Waals surface area contributed by atoms with Crippen LogP contribution in [0.4, 0.5) is 0 Å². The molecular formula is C5H11N3. The van der Waals surface area contributed by atoms with Crippen molar-refractivity contribution >= 4 is 5.84 Å². The number of rotatable bonds is 1. The number of amidine groups is 1. The molecule has 0 aliphatic rings. The number of hydrogen-bond acceptors (Lipinski definition) is 2. The Hall–Kier alpha value is -0.990. The fraction of sp³-hybridized carbons (Fsp3) is 0.400. The standard InChI is InChI=1S/C5H11N3/c1-4(6)3-5(7)8-2/h3H,6H2,1-2H3,(H2,7,8). The van der Waals surface area contributed by atoms with Crippen LogP contribution in [-0.2, 0) is 0 Å². The summed E-state index contributed by atoms with van der Waals surface area (Å²) < 4.78 is 0. The average Bonchev–Trinajstić information content (AvgIpc) is 1.65. The lowest BCUT2D eigenvalue weighted by Crippen LogP contribution is -2.09. The maximum absolute atomic E-state index is 5.27. The summed E-state index contributed by atoms with van der Waals surface area (Å²) in [6.45, 7) is 1.76. The zero-order chi connectivity index (χ0) is 6.57. The molecule has 0 bridgehead atoms. The molecule has 4 N–H and O–H groups in total. The largest absolute Gasteiger partial charge is 0.402 e. The van der Waals surface area contributed by atoms with E-state index < -0.39 is 0 Å². The number of nitrogens with two attached hydrogens (primary N) is 2. The molecule has 0 amide bonds. The Morgan fingerprint density at radius 1 is 1.50 bits per heavy atom. The summed E-state index contributed by atoms with van der Waals surface area (Å²) >= 11 is 0. The van der Waals surface area contributed by atoms with E-state index in [1.807, 2.05) is 0 Å². The lowest BCUT2D eigenvalue weighted by Gasteiger charge is -1.88. The van der Waals surface area contributed by atoms with Crippen molar-refractivity contribution in [1.29, 1.82) is 0 Å². The number of hydrogen-bond donors (Lipinski definition) is 2. The van der Waals surface area contributed by atoms with E-state index in [1.165, 1.54) is 0 Å². The summed E-state index contributed by atoms with van der Waals surface area (Å²) in [6.07, 6.45) is 1.61. The quantitative estimate of drug-likeness (QED) is 0.366. The second kappa shape index (κ2) is 3.07. The highest BCUT2D eigenvalue weighted by molar-refractivity contribution is 5.91. The molecule has 0 heterocycles. The number of nitrogens with zero attached hydrogens (tertiary/aromatic N) is 1. The van der Waals surface area contributed by atoms with Gasteiger partial charge in [0, 0.05) is 12.7 Å². The monoisotopic (exact) mass is 113 g/mol. The molecule has 0 unspecified atom stereocenters. The van der Waals surface area contributed by atoms with Crippen LogP contribution in [0.25, 0.3) is 0 Å². The smallest absolute Gasteiger partial charge is 0.119 e. The Labute approximate surface area is 49.1 Å². The van der Waals surface area contributed by atoms with E-state index in [2.05, 4.69) is 4.99 Å². The minimum absolute atomic E-state index is 0.463. The van der Waals surface area contributed by atoms with Gasteiger partial charge in [0.05, 0.1) is 0 Å². The molecule has 0 aromatic rings. The first kappa shape index (κ1) is 7.01. The molecule has 3 nitrogen and oxygen atoms in total. The van der Waals surface area contributed by atoms with Gasteiger partial charge in [-0.25, -0.2) is 0 Å². The first-order chi connectivity index (χ1) is 3.66. The van der Waals surface area contributed by atoms with E-state index >= 15 is 0 Å².